The Morgan fingerprint density at radius 2 is 2.18 bits per heavy atom. The molecule has 5 rings (SSSR count). The van der Waals surface area contributed by atoms with Crippen molar-refractivity contribution >= 4 is 22.2 Å². The van der Waals surface area contributed by atoms with Crippen molar-refractivity contribution in [1.82, 2.24) is 25.1 Å². The topological polar surface area (TPSA) is 67.9 Å². The molecular weight excluding hydrogens is 370 g/mol. The summed E-state index contributed by atoms with van der Waals surface area (Å²) in [5.41, 5.74) is 5.11. The first-order chi connectivity index (χ1) is 13.8. The van der Waals surface area contributed by atoms with Crippen LogP contribution in [0.4, 0.5) is 0 Å². The van der Waals surface area contributed by atoms with Crippen LogP contribution < -0.4 is 0 Å². The van der Waals surface area contributed by atoms with Crippen molar-refractivity contribution in [1.29, 1.82) is 0 Å². The summed E-state index contributed by atoms with van der Waals surface area (Å²) in [4.78, 5) is 12.1. The zero-order valence-electron chi connectivity index (χ0n) is 15.7. The van der Waals surface area contributed by atoms with E-state index in [0.29, 0.717) is 5.89 Å². The lowest BCUT2D eigenvalue weighted by Crippen LogP contribution is -2.34. The number of thiazole rings is 1. The minimum atomic E-state index is 0.283. The SMILES string of the molecule is Cc1ncsc1-c1nnc([C@@H]2CCCN(Cc3ccc4ncccc4c3)C2)o1. The molecule has 1 aliphatic rings. The molecule has 1 atom stereocenters. The molecule has 1 aliphatic heterocycles. The van der Waals surface area contributed by atoms with Gasteiger partial charge in [-0.3, -0.25) is 9.88 Å². The Labute approximate surface area is 167 Å². The molecule has 4 aromatic rings. The van der Waals surface area contributed by atoms with Crippen LogP contribution in [-0.2, 0) is 6.54 Å². The van der Waals surface area contributed by atoms with Crippen LogP contribution >= 0.6 is 11.3 Å². The third-order valence-corrected chi connectivity index (χ3v) is 6.23. The van der Waals surface area contributed by atoms with Crippen molar-refractivity contribution in [2.24, 2.45) is 0 Å². The van der Waals surface area contributed by atoms with Crippen molar-refractivity contribution in [3.63, 3.8) is 0 Å². The van der Waals surface area contributed by atoms with Gasteiger partial charge < -0.3 is 4.42 Å². The van der Waals surface area contributed by atoms with E-state index in [-0.39, 0.29) is 5.92 Å². The molecule has 0 N–H and O–H groups in total. The second-order valence-electron chi connectivity index (χ2n) is 7.32. The standard InChI is InChI=1S/C21H21N5OS/c1-14-19(28-13-23-14)21-25-24-20(27-21)17-5-3-9-26(12-17)11-15-6-7-18-16(10-15)4-2-8-22-18/h2,4,6-8,10,13,17H,3,5,9,11-12H2,1H3/t17-/m1/s1. The number of rotatable bonds is 4. The summed E-state index contributed by atoms with van der Waals surface area (Å²) < 4.78 is 6.02. The highest BCUT2D eigenvalue weighted by atomic mass is 32.1. The maximum atomic E-state index is 6.02. The van der Waals surface area contributed by atoms with E-state index in [9.17, 15) is 0 Å². The maximum Gasteiger partial charge on any atom is 0.259 e. The first kappa shape index (κ1) is 17.5. The molecule has 7 heteroatoms. The van der Waals surface area contributed by atoms with Crippen LogP contribution in [0.5, 0.6) is 0 Å². The van der Waals surface area contributed by atoms with E-state index in [4.69, 9.17) is 4.42 Å². The van der Waals surface area contributed by atoms with Crippen molar-refractivity contribution in [3.05, 3.63) is 59.2 Å². The fraction of sp³-hybridized carbons (Fsp3) is 0.333. The van der Waals surface area contributed by atoms with Crippen molar-refractivity contribution in [3.8, 4) is 10.8 Å². The number of fused-ring (bicyclic) bond motifs is 1. The van der Waals surface area contributed by atoms with Gasteiger partial charge in [0.05, 0.1) is 22.6 Å². The fourth-order valence-electron chi connectivity index (χ4n) is 3.88. The summed E-state index contributed by atoms with van der Waals surface area (Å²) in [5.74, 6) is 1.62. The van der Waals surface area contributed by atoms with E-state index in [1.807, 2.05) is 24.7 Å². The van der Waals surface area contributed by atoms with Gasteiger partial charge in [0.15, 0.2) is 0 Å². The smallest absolute Gasteiger partial charge is 0.259 e. The molecule has 4 heterocycles. The lowest BCUT2D eigenvalue weighted by atomic mass is 9.97. The summed E-state index contributed by atoms with van der Waals surface area (Å²) in [6.07, 6.45) is 4.06. The number of benzene rings is 1. The Morgan fingerprint density at radius 3 is 3.07 bits per heavy atom. The molecule has 6 nitrogen and oxygen atoms in total. The molecule has 1 saturated heterocycles. The van der Waals surface area contributed by atoms with Gasteiger partial charge >= 0.3 is 0 Å². The molecule has 0 aliphatic carbocycles. The molecule has 1 fully saturated rings. The second-order valence-corrected chi connectivity index (χ2v) is 8.17. The van der Waals surface area contributed by atoms with Crippen LogP contribution in [0.3, 0.4) is 0 Å². The molecule has 0 spiro atoms. The van der Waals surface area contributed by atoms with Gasteiger partial charge in [-0.15, -0.1) is 21.5 Å². The van der Waals surface area contributed by atoms with Gasteiger partial charge in [0.25, 0.3) is 5.89 Å². The zero-order valence-corrected chi connectivity index (χ0v) is 16.5. The average molecular weight is 392 g/mol. The summed E-state index contributed by atoms with van der Waals surface area (Å²) in [7, 11) is 0. The number of pyridine rings is 1. The third kappa shape index (κ3) is 3.43. The minimum absolute atomic E-state index is 0.283. The predicted molar refractivity (Wildman–Crippen MR) is 109 cm³/mol. The van der Waals surface area contributed by atoms with Crippen LogP contribution in [-0.4, -0.2) is 38.2 Å². The Kier molecular flexibility index (Phi) is 4.62. The average Bonchev–Trinajstić information content (AvgIpc) is 3.37. The first-order valence-electron chi connectivity index (χ1n) is 9.56. The van der Waals surface area contributed by atoms with Crippen LogP contribution in [0.25, 0.3) is 21.7 Å². The number of nitrogens with zero attached hydrogens (tertiary/aromatic N) is 5. The van der Waals surface area contributed by atoms with E-state index < -0.39 is 0 Å². The monoisotopic (exact) mass is 391 g/mol. The van der Waals surface area contributed by atoms with Crippen molar-refractivity contribution in [2.45, 2.75) is 32.2 Å². The Morgan fingerprint density at radius 1 is 1.21 bits per heavy atom. The molecule has 0 bridgehead atoms. The molecule has 3 aromatic heterocycles. The summed E-state index contributed by atoms with van der Waals surface area (Å²) in [5, 5.41) is 9.80. The number of aryl methyl sites for hydroxylation is 1. The molecule has 0 unspecified atom stereocenters. The molecule has 0 saturated carbocycles. The fourth-order valence-corrected chi connectivity index (χ4v) is 4.60. The van der Waals surface area contributed by atoms with Crippen LogP contribution in [0.15, 0.2) is 46.5 Å². The lowest BCUT2D eigenvalue weighted by molar-refractivity contribution is 0.186. The number of aromatic nitrogens is 4. The number of hydrogen-bond acceptors (Lipinski definition) is 7. The largest absolute Gasteiger partial charge is 0.419 e. The second kappa shape index (κ2) is 7.41. The molecule has 1 aromatic carbocycles. The Balaban J connectivity index is 1.31. The van der Waals surface area contributed by atoms with Gasteiger partial charge in [0.2, 0.25) is 5.89 Å². The van der Waals surface area contributed by atoms with Gasteiger partial charge in [-0.2, -0.15) is 0 Å². The van der Waals surface area contributed by atoms with Crippen molar-refractivity contribution in [2.75, 3.05) is 13.1 Å². The van der Waals surface area contributed by atoms with Gasteiger partial charge in [0.1, 0.15) is 4.88 Å². The quantitative estimate of drug-likeness (QED) is 0.513. The Bertz CT molecular complexity index is 1100. The van der Waals surface area contributed by atoms with Gasteiger partial charge in [-0.25, -0.2) is 4.98 Å². The summed E-state index contributed by atoms with van der Waals surface area (Å²) >= 11 is 1.54. The van der Waals surface area contributed by atoms with Gasteiger partial charge in [-0.1, -0.05) is 12.1 Å². The van der Waals surface area contributed by atoms with E-state index in [1.165, 1.54) is 10.9 Å². The maximum absolute atomic E-state index is 6.02. The van der Waals surface area contributed by atoms with Gasteiger partial charge in [-0.05, 0) is 50.1 Å². The predicted octanol–water partition coefficient (Wildman–Crippen LogP) is 4.43. The van der Waals surface area contributed by atoms with Crippen LogP contribution in [0.2, 0.25) is 0 Å². The molecule has 28 heavy (non-hydrogen) atoms. The van der Waals surface area contributed by atoms with Gasteiger partial charge in [0, 0.05) is 24.7 Å². The molecule has 0 amide bonds. The lowest BCUT2D eigenvalue weighted by Gasteiger charge is -2.31. The number of likely N-dealkylation sites (tertiary alicyclic amines) is 1. The minimum Gasteiger partial charge on any atom is -0.419 e. The summed E-state index contributed by atoms with van der Waals surface area (Å²) in [6.45, 7) is 4.93. The summed E-state index contributed by atoms with van der Waals surface area (Å²) in [6, 6.07) is 10.6. The highest BCUT2D eigenvalue weighted by molar-refractivity contribution is 7.13. The van der Waals surface area contributed by atoms with Crippen LogP contribution in [0, 0.1) is 6.92 Å². The number of hydrogen-bond donors (Lipinski definition) is 0. The van der Waals surface area contributed by atoms with E-state index in [1.54, 1.807) is 11.3 Å². The zero-order chi connectivity index (χ0) is 18.9. The van der Waals surface area contributed by atoms with E-state index in [2.05, 4.69) is 49.3 Å². The first-order valence-corrected chi connectivity index (χ1v) is 10.4. The highest BCUT2D eigenvalue weighted by Gasteiger charge is 2.26. The molecular formula is C21H21N5OS. The van der Waals surface area contributed by atoms with Crippen LogP contribution in [0.1, 0.15) is 35.9 Å². The highest BCUT2D eigenvalue weighted by Crippen LogP contribution is 2.31. The Hall–Kier alpha value is -2.64. The molecule has 0 radical (unpaired) electrons. The van der Waals surface area contributed by atoms with E-state index in [0.717, 1.165) is 54.5 Å². The molecule has 142 valence electrons. The van der Waals surface area contributed by atoms with E-state index >= 15 is 0 Å². The third-order valence-electron chi connectivity index (χ3n) is 5.31. The normalized spacial score (nSPS) is 18.0. The van der Waals surface area contributed by atoms with Crippen molar-refractivity contribution < 1.29 is 4.42 Å². The number of piperidine rings is 1.